The predicted molar refractivity (Wildman–Crippen MR) is 139 cm³/mol. The van der Waals surface area contributed by atoms with Gasteiger partial charge in [0.2, 0.25) is 5.91 Å². The van der Waals surface area contributed by atoms with E-state index in [4.69, 9.17) is 9.72 Å². The molecule has 35 heavy (non-hydrogen) atoms. The molecule has 0 unspecified atom stereocenters. The number of hydrogen-bond acceptors (Lipinski definition) is 8. The van der Waals surface area contributed by atoms with Crippen LogP contribution in [0, 0.1) is 0 Å². The van der Waals surface area contributed by atoms with Crippen LogP contribution in [0.4, 0.5) is 23.1 Å². The quantitative estimate of drug-likeness (QED) is 0.406. The van der Waals surface area contributed by atoms with E-state index in [1.165, 1.54) is 6.08 Å². The van der Waals surface area contributed by atoms with E-state index >= 15 is 0 Å². The first-order valence-electron chi connectivity index (χ1n) is 11.4. The first kappa shape index (κ1) is 24.1. The molecule has 3 heterocycles. The van der Waals surface area contributed by atoms with E-state index in [1.807, 2.05) is 48.6 Å². The van der Waals surface area contributed by atoms with Gasteiger partial charge in [-0.1, -0.05) is 24.8 Å². The minimum Gasteiger partial charge on any atom is -0.378 e. The number of rotatable bonds is 9. The maximum absolute atomic E-state index is 11.5. The number of nitrogens with one attached hydrogen (secondary N) is 3. The molecule has 1 saturated heterocycles. The molecule has 0 atom stereocenters. The van der Waals surface area contributed by atoms with Gasteiger partial charge in [-0.3, -0.25) is 9.89 Å². The maximum Gasteiger partial charge on any atom is 0.247 e. The molecule has 0 aliphatic carbocycles. The smallest absolute Gasteiger partial charge is 0.247 e. The lowest BCUT2D eigenvalue weighted by Gasteiger charge is -2.33. The van der Waals surface area contributed by atoms with E-state index in [0.29, 0.717) is 29.8 Å². The van der Waals surface area contributed by atoms with Gasteiger partial charge in [-0.15, -0.1) is 0 Å². The molecular weight excluding hydrogens is 444 g/mol. The van der Waals surface area contributed by atoms with Crippen molar-refractivity contribution in [1.29, 1.82) is 0 Å². The highest BCUT2D eigenvalue weighted by Gasteiger charge is 2.17. The molecule has 1 aromatic carbocycles. The van der Waals surface area contributed by atoms with Gasteiger partial charge in [-0.05, 0) is 36.9 Å². The van der Waals surface area contributed by atoms with Crippen LogP contribution in [-0.2, 0) is 16.1 Å². The molecule has 0 radical (unpaired) electrons. The molecule has 182 valence electrons. The Morgan fingerprint density at radius 1 is 1.11 bits per heavy atom. The number of nitrogens with zero attached hydrogens (tertiary/aromatic N) is 5. The van der Waals surface area contributed by atoms with Crippen LogP contribution in [-0.4, -0.2) is 71.3 Å². The van der Waals surface area contributed by atoms with Crippen molar-refractivity contribution in [1.82, 2.24) is 25.1 Å². The van der Waals surface area contributed by atoms with Crippen molar-refractivity contribution in [2.24, 2.45) is 0 Å². The Labute approximate surface area is 204 Å². The number of aromatic nitrogens is 4. The Balaban J connectivity index is 1.55. The number of carbonyl (C=O) groups is 1. The summed E-state index contributed by atoms with van der Waals surface area (Å²) < 4.78 is 5.15. The summed E-state index contributed by atoms with van der Waals surface area (Å²) in [5.74, 6) is 2.53. The zero-order valence-electron chi connectivity index (χ0n) is 20.0. The fourth-order valence-corrected chi connectivity index (χ4v) is 3.62. The second-order valence-electron chi connectivity index (χ2n) is 8.25. The molecule has 3 aromatic rings. The highest BCUT2D eigenvalue weighted by Crippen LogP contribution is 2.22. The Hall–Kier alpha value is -4.02. The third kappa shape index (κ3) is 6.75. The van der Waals surface area contributed by atoms with Crippen LogP contribution in [0.1, 0.15) is 17.1 Å². The molecule has 1 aliphatic rings. The van der Waals surface area contributed by atoms with Crippen LogP contribution >= 0.6 is 0 Å². The van der Waals surface area contributed by atoms with Gasteiger partial charge in [0.25, 0.3) is 0 Å². The predicted octanol–water partition coefficient (Wildman–Crippen LogP) is 3.14. The lowest BCUT2D eigenvalue weighted by molar-refractivity contribution is -0.111. The van der Waals surface area contributed by atoms with E-state index in [1.54, 1.807) is 7.11 Å². The summed E-state index contributed by atoms with van der Waals surface area (Å²) in [5, 5.41) is 13.3. The largest absolute Gasteiger partial charge is 0.378 e. The average Bonchev–Trinajstić information content (AvgIpc) is 3.30. The minimum absolute atomic E-state index is 0.242. The number of benzene rings is 1. The van der Waals surface area contributed by atoms with Gasteiger partial charge in [-0.2, -0.15) is 5.10 Å². The minimum atomic E-state index is -0.242. The van der Waals surface area contributed by atoms with E-state index in [9.17, 15) is 4.79 Å². The van der Waals surface area contributed by atoms with E-state index < -0.39 is 0 Å². The third-order valence-electron chi connectivity index (χ3n) is 5.53. The molecule has 3 N–H and O–H groups in total. The fraction of sp³-hybridized carbons (Fsp3) is 0.280. The van der Waals surface area contributed by atoms with Gasteiger partial charge in [0.1, 0.15) is 11.6 Å². The van der Waals surface area contributed by atoms with Crippen LogP contribution in [0.15, 0.2) is 49.1 Å². The van der Waals surface area contributed by atoms with Crippen molar-refractivity contribution >= 4 is 41.2 Å². The van der Waals surface area contributed by atoms with Gasteiger partial charge < -0.3 is 25.2 Å². The van der Waals surface area contributed by atoms with Crippen molar-refractivity contribution in [3.8, 4) is 0 Å². The molecule has 1 fully saturated rings. The summed E-state index contributed by atoms with van der Waals surface area (Å²) in [5.41, 5.74) is 2.54. The van der Waals surface area contributed by atoms with Crippen molar-refractivity contribution in [2.75, 3.05) is 55.9 Å². The Bertz CT molecular complexity index is 1180. The number of H-pyrrole nitrogens is 1. The number of hydrogen-bond donors (Lipinski definition) is 3. The van der Waals surface area contributed by atoms with Crippen molar-refractivity contribution < 1.29 is 9.53 Å². The maximum atomic E-state index is 11.5. The van der Waals surface area contributed by atoms with E-state index in [-0.39, 0.29) is 5.91 Å². The summed E-state index contributed by atoms with van der Waals surface area (Å²) in [4.78, 5) is 25.5. The van der Waals surface area contributed by atoms with E-state index in [2.05, 4.69) is 49.2 Å². The first-order valence-corrected chi connectivity index (χ1v) is 11.4. The first-order chi connectivity index (χ1) is 17.0. The van der Waals surface area contributed by atoms with Crippen LogP contribution in [0.5, 0.6) is 0 Å². The lowest BCUT2D eigenvalue weighted by atomic mass is 10.2. The molecule has 0 saturated carbocycles. The second kappa shape index (κ2) is 11.4. The van der Waals surface area contributed by atoms with Crippen LogP contribution in [0.25, 0.3) is 12.2 Å². The monoisotopic (exact) mass is 474 g/mol. The molecule has 2 aromatic heterocycles. The molecule has 1 aliphatic heterocycles. The summed E-state index contributed by atoms with van der Waals surface area (Å²) >= 11 is 0. The lowest BCUT2D eigenvalue weighted by Crippen LogP contribution is -2.44. The van der Waals surface area contributed by atoms with E-state index in [0.717, 1.165) is 43.3 Å². The number of anilines is 4. The summed E-state index contributed by atoms with van der Waals surface area (Å²) in [6.45, 7) is 7.67. The molecule has 1 amide bonds. The van der Waals surface area contributed by atoms with Crippen LogP contribution in [0.2, 0.25) is 0 Å². The number of methoxy groups -OCH3 is 1. The van der Waals surface area contributed by atoms with Crippen LogP contribution in [0.3, 0.4) is 0 Å². The van der Waals surface area contributed by atoms with Gasteiger partial charge >= 0.3 is 0 Å². The van der Waals surface area contributed by atoms with Crippen molar-refractivity contribution in [3.05, 3.63) is 66.1 Å². The van der Waals surface area contributed by atoms with Gasteiger partial charge in [0, 0.05) is 51.1 Å². The van der Waals surface area contributed by atoms with Gasteiger partial charge in [-0.25, -0.2) is 9.97 Å². The summed E-state index contributed by atoms with van der Waals surface area (Å²) in [6, 6.07) is 11.3. The molecular formula is C25H30N8O2. The Morgan fingerprint density at radius 2 is 1.89 bits per heavy atom. The standard InChI is InChI=1S/C25H30N8O2/c1-4-25(34)26-19-8-5-18(6-9-19)7-10-21-27-22(28-23-15-20(17-35-3)30-31-23)16-24(29-21)33-13-11-32(2)12-14-33/h4-10,15-16H,1,11-14,17H2,2-3H3,(H,26,34)(H2,27,28,29,30,31)/b10-7+. The Kier molecular flexibility index (Phi) is 7.86. The summed E-state index contributed by atoms with van der Waals surface area (Å²) in [7, 11) is 3.77. The number of likely N-dealkylation sites (N-methyl/N-ethyl adjacent to an activating group) is 1. The normalized spacial score (nSPS) is 14.3. The second-order valence-corrected chi connectivity index (χ2v) is 8.25. The SMILES string of the molecule is C=CC(=O)Nc1ccc(/C=C/c2nc(Nc3cc(COC)[nH]n3)cc(N3CCN(C)CC3)n2)cc1. The van der Waals surface area contributed by atoms with Gasteiger partial charge in [0.05, 0.1) is 12.3 Å². The van der Waals surface area contributed by atoms with Crippen LogP contribution < -0.4 is 15.5 Å². The van der Waals surface area contributed by atoms with Gasteiger partial charge in [0.15, 0.2) is 11.6 Å². The zero-order valence-corrected chi connectivity index (χ0v) is 20.0. The number of ether oxygens (including phenoxy) is 1. The number of amides is 1. The molecule has 0 bridgehead atoms. The number of piperazine rings is 1. The third-order valence-corrected chi connectivity index (χ3v) is 5.53. The topological polar surface area (TPSA) is 111 Å². The molecule has 10 heteroatoms. The average molecular weight is 475 g/mol. The molecule has 4 rings (SSSR count). The fourth-order valence-electron chi connectivity index (χ4n) is 3.62. The highest BCUT2D eigenvalue weighted by atomic mass is 16.5. The molecule has 0 spiro atoms. The Morgan fingerprint density at radius 3 is 2.60 bits per heavy atom. The highest BCUT2D eigenvalue weighted by molar-refractivity contribution is 5.98. The molecule has 10 nitrogen and oxygen atoms in total. The zero-order chi connectivity index (χ0) is 24.6. The van der Waals surface area contributed by atoms with Crippen molar-refractivity contribution in [2.45, 2.75) is 6.61 Å². The summed E-state index contributed by atoms with van der Waals surface area (Å²) in [6.07, 6.45) is 5.06. The number of aromatic amines is 1. The number of carbonyl (C=O) groups excluding carboxylic acids is 1. The van der Waals surface area contributed by atoms with Crippen molar-refractivity contribution in [3.63, 3.8) is 0 Å².